The Morgan fingerprint density at radius 2 is 1.78 bits per heavy atom. The number of esters is 1. The van der Waals surface area contributed by atoms with Crippen LogP contribution in [0.3, 0.4) is 0 Å². The first-order valence-electron chi connectivity index (χ1n) is 17.5. The standard InChI is InChI=1S/C38H48N6O9S/c1-11-21-17-38(21,33(48)51-10)43-31(46)28-15-23(18-44(28)32(47)30(36(3,4)5)42-35(49)53-37(6,7)8)52-29-16-26(27-19-54-34(41-27)39-20(2)45)40-25-14-22(50-9)12-13-24(25)29/h11-14,16,19,21,23,28,30H,1,15,17-18H2,2-10H3,(H,42,49)(H,43,46)(H,39,41,45)/t21-,23+,28-,30+,38+/m0/s1. The molecule has 15 nitrogen and oxygen atoms in total. The number of alkyl carbamates (subject to hydrolysis) is 1. The molecule has 2 aliphatic rings. The van der Waals surface area contributed by atoms with E-state index in [9.17, 15) is 24.0 Å². The van der Waals surface area contributed by atoms with Crippen LogP contribution in [0, 0.1) is 11.3 Å². The summed E-state index contributed by atoms with van der Waals surface area (Å²) >= 11 is 1.24. The summed E-state index contributed by atoms with van der Waals surface area (Å²) in [5, 5.41) is 11.1. The van der Waals surface area contributed by atoms with Gasteiger partial charge in [-0.15, -0.1) is 17.9 Å². The van der Waals surface area contributed by atoms with Gasteiger partial charge in [-0.2, -0.15) is 0 Å². The number of pyridine rings is 1. The predicted octanol–water partition coefficient (Wildman–Crippen LogP) is 4.85. The first-order valence-corrected chi connectivity index (χ1v) is 18.4. The fourth-order valence-electron chi connectivity index (χ4n) is 6.41. The summed E-state index contributed by atoms with van der Waals surface area (Å²) in [7, 11) is 2.79. The van der Waals surface area contributed by atoms with E-state index in [0.29, 0.717) is 45.3 Å². The number of benzene rings is 1. The molecule has 4 amide bonds. The van der Waals surface area contributed by atoms with E-state index >= 15 is 0 Å². The van der Waals surface area contributed by atoms with E-state index in [-0.39, 0.29) is 24.8 Å². The molecule has 54 heavy (non-hydrogen) atoms. The van der Waals surface area contributed by atoms with Gasteiger partial charge in [-0.05, 0) is 44.7 Å². The number of nitrogens with one attached hydrogen (secondary N) is 3. The van der Waals surface area contributed by atoms with Gasteiger partial charge in [0.2, 0.25) is 17.7 Å². The molecule has 1 saturated heterocycles. The molecule has 3 N–H and O–H groups in total. The second-order valence-electron chi connectivity index (χ2n) is 15.5. The largest absolute Gasteiger partial charge is 0.497 e. The van der Waals surface area contributed by atoms with E-state index in [1.165, 1.54) is 30.3 Å². The molecule has 0 bridgehead atoms. The molecular formula is C38H48N6O9S. The Kier molecular flexibility index (Phi) is 11.3. The van der Waals surface area contributed by atoms with Crippen molar-refractivity contribution in [3.63, 3.8) is 0 Å². The van der Waals surface area contributed by atoms with Crippen LogP contribution in [0.25, 0.3) is 22.3 Å². The molecular weight excluding hydrogens is 717 g/mol. The van der Waals surface area contributed by atoms with Gasteiger partial charge in [0.25, 0.3) is 0 Å². The summed E-state index contributed by atoms with van der Waals surface area (Å²) < 4.78 is 22.6. The van der Waals surface area contributed by atoms with Crippen molar-refractivity contribution in [2.24, 2.45) is 11.3 Å². The molecule has 0 unspecified atom stereocenters. The second-order valence-corrected chi connectivity index (χ2v) is 16.4. The third kappa shape index (κ3) is 8.75. The molecule has 290 valence electrons. The van der Waals surface area contributed by atoms with E-state index in [2.05, 4.69) is 27.5 Å². The third-order valence-corrected chi connectivity index (χ3v) is 9.90. The van der Waals surface area contributed by atoms with Crippen molar-refractivity contribution in [1.82, 2.24) is 25.5 Å². The van der Waals surface area contributed by atoms with E-state index in [4.69, 9.17) is 23.9 Å². The molecule has 1 aliphatic heterocycles. The lowest BCUT2D eigenvalue weighted by Crippen LogP contribution is -2.59. The molecule has 16 heteroatoms. The highest BCUT2D eigenvalue weighted by Gasteiger charge is 2.62. The summed E-state index contributed by atoms with van der Waals surface area (Å²) in [6.07, 6.45) is 0.436. The Hall–Kier alpha value is -5.25. The smallest absolute Gasteiger partial charge is 0.408 e. The lowest BCUT2D eigenvalue weighted by Gasteiger charge is -2.36. The Labute approximate surface area is 318 Å². The Morgan fingerprint density at radius 1 is 1.06 bits per heavy atom. The van der Waals surface area contributed by atoms with Crippen molar-refractivity contribution in [1.29, 1.82) is 0 Å². The highest BCUT2D eigenvalue weighted by atomic mass is 32.1. The first kappa shape index (κ1) is 39.9. The number of rotatable bonds is 11. The highest BCUT2D eigenvalue weighted by molar-refractivity contribution is 7.14. The van der Waals surface area contributed by atoms with Crippen molar-refractivity contribution >= 4 is 57.2 Å². The van der Waals surface area contributed by atoms with Crippen molar-refractivity contribution in [2.45, 2.75) is 90.6 Å². The maximum Gasteiger partial charge on any atom is 0.408 e. The van der Waals surface area contributed by atoms with E-state index < -0.39 is 58.6 Å². The number of nitrogens with zero attached hydrogens (tertiary/aromatic N) is 3. The number of amides is 4. The van der Waals surface area contributed by atoms with Crippen LogP contribution in [-0.4, -0.2) is 94.7 Å². The van der Waals surface area contributed by atoms with Crippen LogP contribution in [0.15, 0.2) is 42.3 Å². The van der Waals surface area contributed by atoms with Gasteiger partial charge in [0.05, 0.1) is 32.0 Å². The fourth-order valence-corrected chi connectivity index (χ4v) is 7.16. The summed E-state index contributed by atoms with van der Waals surface area (Å²) in [5.74, 6) is -1.36. The molecule has 1 saturated carbocycles. The quantitative estimate of drug-likeness (QED) is 0.179. The predicted molar refractivity (Wildman–Crippen MR) is 202 cm³/mol. The number of likely N-dealkylation sites (tertiary alicyclic amines) is 1. The molecule has 3 heterocycles. The molecule has 1 aliphatic carbocycles. The maximum absolute atomic E-state index is 14.6. The minimum absolute atomic E-state index is 0.0334. The van der Waals surface area contributed by atoms with Crippen LogP contribution in [0.2, 0.25) is 0 Å². The zero-order valence-corrected chi connectivity index (χ0v) is 32.8. The maximum atomic E-state index is 14.6. The zero-order valence-electron chi connectivity index (χ0n) is 32.0. The molecule has 2 aromatic heterocycles. The van der Waals surface area contributed by atoms with Crippen molar-refractivity contribution in [3.8, 4) is 22.9 Å². The summed E-state index contributed by atoms with van der Waals surface area (Å²) in [6.45, 7) is 15.7. The normalized spacial score (nSPS) is 21.4. The van der Waals surface area contributed by atoms with Crippen LogP contribution < -0.4 is 25.4 Å². The molecule has 0 spiro atoms. The number of carbonyl (C=O) groups excluding carboxylic acids is 5. The highest BCUT2D eigenvalue weighted by Crippen LogP contribution is 2.46. The minimum Gasteiger partial charge on any atom is -0.497 e. The van der Waals surface area contributed by atoms with E-state index in [1.807, 2.05) is 0 Å². The van der Waals surface area contributed by atoms with Crippen molar-refractivity contribution in [2.75, 3.05) is 26.1 Å². The Morgan fingerprint density at radius 3 is 2.37 bits per heavy atom. The minimum atomic E-state index is -1.31. The zero-order chi connectivity index (χ0) is 39.7. The number of ether oxygens (including phenoxy) is 4. The average molecular weight is 765 g/mol. The van der Waals surface area contributed by atoms with Gasteiger partial charge in [0.1, 0.15) is 46.5 Å². The number of hydrogen-bond donors (Lipinski definition) is 3. The van der Waals surface area contributed by atoms with Crippen LogP contribution in [0.5, 0.6) is 11.5 Å². The SMILES string of the molecule is C=C[C@H]1C[C@]1(NC(=O)[C@@H]1C[C@@H](Oc2cc(-c3csc(NC(C)=O)n3)nc3cc(OC)ccc23)CN1C(=O)[C@@H](NC(=O)OC(C)(C)C)C(C)(C)C)C(=O)OC. The monoisotopic (exact) mass is 764 g/mol. The average Bonchev–Trinajstić information content (AvgIpc) is 3.36. The fraction of sp³-hybridized carbons (Fsp3) is 0.500. The van der Waals surface area contributed by atoms with Crippen LogP contribution in [0.4, 0.5) is 9.93 Å². The van der Waals surface area contributed by atoms with Gasteiger partial charge in [0, 0.05) is 42.2 Å². The molecule has 0 radical (unpaired) electrons. The van der Waals surface area contributed by atoms with Crippen molar-refractivity contribution in [3.05, 3.63) is 42.3 Å². The summed E-state index contributed by atoms with van der Waals surface area (Å²) in [6, 6.07) is 4.85. The first-order chi connectivity index (χ1) is 25.3. The van der Waals surface area contributed by atoms with Gasteiger partial charge < -0.3 is 39.8 Å². The molecule has 1 aromatic carbocycles. The Balaban J connectivity index is 1.52. The lowest BCUT2D eigenvalue weighted by atomic mass is 9.85. The third-order valence-electron chi connectivity index (χ3n) is 9.14. The van der Waals surface area contributed by atoms with Gasteiger partial charge in [0.15, 0.2) is 5.13 Å². The molecule has 5 atom stereocenters. The Bertz CT molecular complexity index is 1970. The lowest BCUT2D eigenvalue weighted by molar-refractivity contribution is -0.148. The number of thiazole rings is 1. The van der Waals surface area contributed by atoms with E-state index in [0.717, 1.165) is 0 Å². The number of fused-ring (bicyclic) bond motifs is 1. The molecule has 5 rings (SSSR count). The van der Waals surface area contributed by atoms with Gasteiger partial charge >= 0.3 is 12.1 Å². The number of aromatic nitrogens is 2. The molecule has 2 fully saturated rings. The summed E-state index contributed by atoms with van der Waals surface area (Å²) in [4.78, 5) is 77.0. The topological polar surface area (TPSA) is 187 Å². The number of anilines is 1. The van der Waals surface area contributed by atoms with Gasteiger partial charge in [-0.3, -0.25) is 14.4 Å². The number of carbonyl (C=O) groups is 5. The molecule has 3 aromatic rings. The second kappa shape index (κ2) is 15.2. The van der Waals surface area contributed by atoms with Crippen molar-refractivity contribution < 1.29 is 42.9 Å². The van der Waals surface area contributed by atoms with Crippen LogP contribution in [-0.2, 0) is 28.7 Å². The van der Waals surface area contributed by atoms with Crippen LogP contribution in [0.1, 0.15) is 61.3 Å². The number of hydrogen-bond acceptors (Lipinski definition) is 12. The summed E-state index contributed by atoms with van der Waals surface area (Å²) in [5.41, 5.74) is -1.44. The van der Waals surface area contributed by atoms with Gasteiger partial charge in [-0.25, -0.2) is 19.6 Å². The van der Waals surface area contributed by atoms with E-state index in [1.54, 1.807) is 84.4 Å². The van der Waals surface area contributed by atoms with Gasteiger partial charge in [-0.1, -0.05) is 26.8 Å². The van der Waals surface area contributed by atoms with Crippen LogP contribution >= 0.6 is 11.3 Å². The number of methoxy groups -OCH3 is 2.